The number of furan rings is 1. The van der Waals surface area contributed by atoms with E-state index in [2.05, 4.69) is 10.3 Å². The number of esters is 1. The molecule has 2 heterocycles. The van der Waals surface area contributed by atoms with Crippen molar-refractivity contribution < 1.29 is 18.7 Å². The summed E-state index contributed by atoms with van der Waals surface area (Å²) in [5.41, 5.74) is 2.48. The van der Waals surface area contributed by atoms with Crippen LogP contribution in [0, 0.1) is 0 Å². The molecule has 128 valence electrons. The molecule has 0 fully saturated rings. The number of para-hydroxylation sites is 1. The minimum absolute atomic E-state index is 0.346. The predicted molar refractivity (Wildman–Crippen MR) is 96.9 cm³/mol. The summed E-state index contributed by atoms with van der Waals surface area (Å²) in [5, 5.41) is 4.61. The van der Waals surface area contributed by atoms with Crippen molar-refractivity contribution in [2.24, 2.45) is 0 Å². The van der Waals surface area contributed by atoms with E-state index in [1.165, 1.54) is 24.5 Å². The Kier molecular flexibility index (Phi) is 4.07. The Morgan fingerprint density at radius 1 is 0.962 bits per heavy atom. The highest BCUT2D eigenvalue weighted by atomic mass is 16.5. The van der Waals surface area contributed by atoms with Crippen molar-refractivity contribution in [2.75, 3.05) is 11.9 Å². The molecule has 26 heavy (non-hydrogen) atoms. The van der Waals surface area contributed by atoms with Crippen LogP contribution in [0.3, 0.4) is 0 Å². The Balaban J connectivity index is 1.45. The van der Waals surface area contributed by atoms with Gasteiger partial charge in [-0.25, -0.2) is 4.79 Å². The van der Waals surface area contributed by atoms with E-state index in [0.717, 1.165) is 21.9 Å². The van der Waals surface area contributed by atoms with Gasteiger partial charge in [-0.1, -0.05) is 18.2 Å². The number of ether oxygens (including phenoxy) is 1. The Bertz CT molecular complexity index is 1100. The number of anilines is 1. The monoisotopic (exact) mass is 346 g/mol. The second-order valence-electron chi connectivity index (χ2n) is 5.67. The zero-order chi connectivity index (χ0) is 17.9. The van der Waals surface area contributed by atoms with Gasteiger partial charge < -0.3 is 14.5 Å². The quantitative estimate of drug-likeness (QED) is 0.569. The summed E-state index contributed by atoms with van der Waals surface area (Å²) >= 11 is 0. The summed E-state index contributed by atoms with van der Waals surface area (Å²) in [7, 11) is 0. The maximum Gasteiger partial charge on any atom is 0.338 e. The Labute approximate surface area is 148 Å². The van der Waals surface area contributed by atoms with Gasteiger partial charge in [-0.05, 0) is 36.4 Å². The molecule has 0 saturated carbocycles. The summed E-state index contributed by atoms with van der Waals surface area (Å²) < 4.78 is 10.8. The lowest BCUT2D eigenvalue weighted by Crippen LogP contribution is -2.20. The molecule has 1 amide bonds. The molecule has 0 aliphatic carbocycles. The fourth-order valence-electron chi connectivity index (χ4n) is 2.70. The van der Waals surface area contributed by atoms with Crippen LogP contribution in [0.4, 0.5) is 5.69 Å². The van der Waals surface area contributed by atoms with Crippen molar-refractivity contribution in [2.45, 2.75) is 0 Å². The molecule has 1 N–H and O–H groups in total. The van der Waals surface area contributed by atoms with E-state index in [1.54, 1.807) is 12.1 Å². The van der Waals surface area contributed by atoms with E-state index in [9.17, 15) is 9.59 Å². The number of nitrogens with zero attached hydrogens (tertiary/aromatic N) is 1. The second kappa shape index (κ2) is 6.68. The molecule has 0 bridgehead atoms. The average molecular weight is 346 g/mol. The highest BCUT2D eigenvalue weighted by Gasteiger charge is 2.11. The van der Waals surface area contributed by atoms with Crippen molar-refractivity contribution in [1.29, 1.82) is 0 Å². The molecule has 6 nitrogen and oxygen atoms in total. The molecule has 4 aromatic rings. The van der Waals surface area contributed by atoms with Crippen LogP contribution < -0.4 is 5.32 Å². The summed E-state index contributed by atoms with van der Waals surface area (Å²) in [6.07, 6.45) is 2.97. The van der Waals surface area contributed by atoms with Gasteiger partial charge >= 0.3 is 5.97 Å². The van der Waals surface area contributed by atoms with Crippen LogP contribution in [-0.4, -0.2) is 23.5 Å². The summed E-state index contributed by atoms with van der Waals surface area (Å²) in [6.45, 7) is -0.370. The predicted octanol–water partition coefficient (Wildman–Crippen LogP) is 3.78. The molecule has 0 aliphatic rings. The van der Waals surface area contributed by atoms with E-state index in [-0.39, 0.29) is 6.61 Å². The highest BCUT2D eigenvalue weighted by molar-refractivity contribution is 6.07. The maximum absolute atomic E-state index is 12.1. The second-order valence-corrected chi connectivity index (χ2v) is 5.67. The number of carbonyl (C=O) groups excluding carboxylic acids is 2. The number of pyridine rings is 1. The number of aromatic nitrogens is 1. The first-order chi connectivity index (χ1) is 12.7. The third-order valence-electron chi connectivity index (χ3n) is 3.91. The molecule has 0 radical (unpaired) electrons. The normalized spacial score (nSPS) is 10.8. The van der Waals surface area contributed by atoms with Crippen LogP contribution in [0.2, 0.25) is 0 Å². The Hall–Kier alpha value is -3.67. The molecule has 0 saturated heterocycles. The number of benzene rings is 2. The van der Waals surface area contributed by atoms with Crippen LogP contribution >= 0.6 is 0 Å². The van der Waals surface area contributed by atoms with Crippen LogP contribution in [0.5, 0.6) is 0 Å². The lowest BCUT2D eigenvalue weighted by Gasteiger charge is -2.06. The summed E-state index contributed by atoms with van der Waals surface area (Å²) in [6, 6.07) is 16.1. The van der Waals surface area contributed by atoms with E-state index >= 15 is 0 Å². The number of amides is 1. The van der Waals surface area contributed by atoms with Gasteiger partial charge in [-0.3, -0.25) is 9.78 Å². The first kappa shape index (κ1) is 15.8. The van der Waals surface area contributed by atoms with Gasteiger partial charge in [-0.15, -0.1) is 0 Å². The van der Waals surface area contributed by atoms with Gasteiger partial charge in [0.1, 0.15) is 11.2 Å². The molecule has 2 aromatic carbocycles. The molecule has 2 aromatic heterocycles. The molecule has 0 atom stereocenters. The fraction of sp³-hybridized carbons (Fsp3) is 0.0500. The molecule has 0 aliphatic heterocycles. The molecule has 4 rings (SSSR count). The molecule has 6 heteroatoms. The van der Waals surface area contributed by atoms with Gasteiger partial charge in [0.25, 0.3) is 5.91 Å². The summed E-state index contributed by atoms with van der Waals surface area (Å²) in [4.78, 5) is 27.7. The third kappa shape index (κ3) is 3.12. The van der Waals surface area contributed by atoms with E-state index in [0.29, 0.717) is 11.3 Å². The first-order valence-electron chi connectivity index (χ1n) is 7.99. The largest absolute Gasteiger partial charge is 0.456 e. The number of nitrogens with one attached hydrogen (secondary N) is 1. The smallest absolute Gasteiger partial charge is 0.338 e. The zero-order valence-electron chi connectivity index (χ0n) is 13.6. The standard InChI is InChI=1S/C20H14N2O4/c23-19(12-25-20(24)13-7-9-21-10-8-13)22-14-5-6-18-16(11-14)15-3-1-2-4-17(15)26-18/h1-11H,12H2,(H,22,23). The number of fused-ring (bicyclic) bond motifs is 3. The van der Waals surface area contributed by atoms with Crippen molar-refractivity contribution in [3.05, 3.63) is 72.6 Å². The maximum atomic E-state index is 12.1. The number of rotatable bonds is 4. The topological polar surface area (TPSA) is 81.4 Å². The lowest BCUT2D eigenvalue weighted by molar-refractivity contribution is -0.119. The first-order valence-corrected chi connectivity index (χ1v) is 7.99. The van der Waals surface area contributed by atoms with E-state index in [4.69, 9.17) is 9.15 Å². The minimum atomic E-state index is -0.571. The average Bonchev–Trinajstić information content (AvgIpc) is 3.05. The van der Waals surface area contributed by atoms with E-state index < -0.39 is 11.9 Å². The van der Waals surface area contributed by atoms with Gasteiger partial charge in [-0.2, -0.15) is 0 Å². The molecular weight excluding hydrogens is 332 g/mol. The number of hydrogen-bond acceptors (Lipinski definition) is 5. The van der Waals surface area contributed by atoms with E-state index in [1.807, 2.05) is 30.3 Å². The van der Waals surface area contributed by atoms with Crippen molar-refractivity contribution in [3.63, 3.8) is 0 Å². The van der Waals surface area contributed by atoms with Crippen LogP contribution in [0.25, 0.3) is 21.9 Å². The molecular formula is C20H14N2O4. The zero-order valence-corrected chi connectivity index (χ0v) is 13.6. The number of hydrogen-bond donors (Lipinski definition) is 1. The van der Waals surface area contributed by atoms with Crippen molar-refractivity contribution in [3.8, 4) is 0 Å². The van der Waals surface area contributed by atoms with Crippen LogP contribution in [0.1, 0.15) is 10.4 Å². The van der Waals surface area contributed by atoms with Crippen LogP contribution in [0.15, 0.2) is 71.4 Å². The van der Waals surface area contributed by atoms with Crippen molar-refractivity contribution in [1.82, 2.24) is 4.98 Å². The Morgan fingerprint density at radius 2 is 1.73 bits per heavy atom. The highest BCUT2D eigenvalue weighted by Crippen LogP contribution is 2.30. The summed E-state index contributed by atoms with van der Waals surface area (Å²) in [5.74, 6) is -0.988. The fourth-order valence-corrected chi connectivity index (χ4v) is 2.70. The minimum Gasteiger partial charge on any atom is -0.456 e. The Morgan fingerprint density at radius 3 is 2.58 bits per heavy atom. The van der Waals surface area contributed by atoms with Gasteiger partial charge in [0.05, 0.1) is 5.56 Å². The van der Waals surface area contributed by atoms with Crippen LogP contribution in [-0.2, 0) is 9.53 Å². The number of carbonyl (C=O) groups is 2. The molecule has 0 unspecified atom stereocenters. The van der Waals surface area contributed by atoms with Gasteiger partial charge in [0, 0.05) is 28.9 Å². The van der Waals surface area contributed by atoms with Gasteiger partial charge in [0.15, 0.2) is 6.61 Å². The van der Waals surface area contributed by atoms with Crippen molar-refractivity contribution >= 4 is 39.5 Å². The third-order valence-corrected chi connectivity index (χ3v) is 3.91. The lowest BCUT2D eigenvalue weighted by atomic mass is 10.1. The SMILES string of the molecule is O=C(COC(=O)c1ccncc1)Nc1ccc2oc3ccccc3c2c1. The molecule has 0 spiro atoms. The van der Waals surface area contributed by atoms with Gasteiger partial charge in [0.2, 0.25) is 0 Å².